The molecule has 0 bridgehead atoms. The molecule has 0 atom stereocenters. The van der Waals surface area contributed by atoms with E-state index in [-0.39, 0.29) is 0 Å². The first-order valence-electron chi connectivity index (χ1n) is 5.71. The molecule has 92 valence electrons. The van der Waals surface area contributed by atoms with E-state index in [4.69, 9.17) is 8.83 Å². The molecule has 17 heavy (non-hydrogen) atoms. The Bertz CT molecular complexity index is 434. The average Bonchev–Trinajstić information content (AvgIpc) is 2.91. The van der Waals surface area contributed by atoms with Crippen LogP contribution in [0.3, 0.4) is 0 Å². The maximum atomic E-state index is 5.68. The van der Waals surface area contributed by atoms with Crippen molar-refractivity contribution in [3.8, 4) is 0 Å². The third-order valence-electron chi connectivity index (χ3n) is 2.50. The predicted octanol–water partition coefficient (Wildman–Crippen LogP) is 2.22. The molecule has 0 radical (unpaired) electrons. The summed E-state index contributed by atoms with van der Waals surface area (Å²) in [6.45, 7) is 2.33. The lowest BCUT2D eigenvalue weighted by Gasteiger charge is -2.12. The van der Waals surface area contributed by atoms with Gasteiger partial charge in [0.2, 0.25) is 0 Å². The fraction of sp³-hybridized carbons (Fsp3) is 0.385. The maximum Gasteiger partial charge on any atom is 0.118 e. The largest absolute Gasteiger partial charge is 0.468 e. The van der Waals surface area contributed by atoms with Crippen LogP contribution in [0.15, 0.2) is 39.4 Å². The van der Waals surface area contributed by atoms with Gasteiger partial charge in [-0.05, 0) is 38.4 Å². The van der Waals surface area contributed by atoms with Gasteiger partial charge in [-0.1, -0.05) is 0 Å². The van der Waals surface area contributed by atoms with Gasteiger partial charge in [0.25, 0.3) is 0 Å². The summed E-state index contributed by atoms with van der Waals surface area (Å²) in [7, 11) is 3.95. The van der Waals surface area contributed by atoms with Crippen LogP contribution in [-0.2, 0) is 19.6 Å². The topological polar surface area (TPSA) is 41.5 Å². The van der Waals surface area contributed by atoms with E-state index >= 15 is 0 Å². The van der Waals surface area contributed by atoms with E-state index in [1.807, 2.05) is 38.4 Å². The van der Waals surface area contributed by atoms with Gasteiger partial charge in [0.05, 0.1) is 25.9 Å². The van der Waals surface area contributed by atoms with E-state index in [2.05, 4.69) is 10.2 Å². The monoisotopic (exact) mass is 234 g/mol. The zero-order valence-electron chi connectivity index (χ0n) is 10.3. The maximum absolute atomic E-state index is 5.68. The van der Waals surface area contributed by atoms with Crippen LogP contribution < -0.4 is 5.32 Å². The SMILES string of the molecule is CNCc1ccc(CN(C)Cc2ccco2)o1. The van der Waals surface area contributed by atoms with E-state index < -0.39 is 0 Å². The molecule has 0 aromatic carbocycles. The van der Waals surface area contributed by atoms with Crippen LogP contribution in [0.25, 0.3) is 0 Å². The Morgan fingerprint density at radius 2 is 1.88 bits per heavy atom. The second-order valence-corrected chi connectivity index (χ2v) is 4.15. The molecular formula is C13H18N2O2. The van der Waals surface area contributed by atoms with E-state index in [1.165, 1.54) is 0 Å². The van der Waals surface area contributed by atoms with Gasteiger partial charge in [0.15, 0.2) is 0 Å². The van der Waals surface area contributed by atoms with Crippen molar-refractivity contribution in [2.75, 3.05) is 14.1 Å². The summed E-state index contributed by atoms with van der Waals surface area (Å²) >= 11 is 0. The summed E-state index contributed by atoms with van der Waals surface area (Å²) in [5, 5.41) is 3.06. The van der Waals surface area contributed by atoms with Gasteiger partial charge in [-0.2, -0.15) is 0 Å². The number of rotatable bonds is 6. The number of furan rings is 2. The summed E-state index contributed by atoms with van der Waals surface area (Å²) in [4.78, 5) is 2.15. The van der Waals surface area contributed by atoms with E-state index in [1.54, 1.807) is 6.26 Å². The Balaban J connectivity index is 1.86. The first-order valence-corrected chi connectivity index (χ1v) is 5.71. The van der Waals surface area contributed by atoms with E-state index in [0.29, 0.717) is 0 Å². The van der Waals surface area contributed by atoms with Crippen molar-refractivity contribution in [2.24, 2.45) is 0 Å². The lowest BCUT2D eigenvalue weighted by molar-refractivity contribution is 0.261. The quantitative estimate of drug-likeness (QED) is 0.832. The minimum Gasteiger partial charge on any atom is -0.468 e. The van der Waals surface area contributed by atoms with Crippen LogP contribution in [0.1, 0.15) is 17.3 Å². The van der Waals surface area contributed by atoms with Gasteiger partial charge < -0.3 is 14.2 Å². The highest BCUT2D eigenvalue weighted by molar-refractivity contribution is 5.07. The predicted molar refractivity (Wildman–Crippen MR) is 65.4 cm³/mol. The highest BCUT2D eigenvalue weighted by atomic mass is 16.3. The van der Waals surface area contributed by atoms with Gasteiger partial charge in [0, 0.05) is 0 Å². The number of hydrogen-bond donors (Lipinski definition) is 1. The summed E-state index contributed by atoms with van der Waals surface area (Å²) in [5.41, 5.74) is 0. The molecule has 4 heteroatoms. The Labute approximate surface area is 101 Å². The third-order valence-corrected chi connectivity index (χ3v) is 2.50. The molecule has 0 spiro atoms. The summed E-state index contributed by atoms with van der Waals surface area (Å²) in [5.74, 6) is 2.91. The van der Waals surface area contributed by atoms with Gasteiger partial charge in [0.1, 0.15) is 17.3 Å². The Morgan fingerprint density at radius 1 is 1.12 bits per heavy atom. The Kier molecular flexibility index (Phi) is 4.01. The van der Waals surface area contributed by atoms with Gasteiger partial charge in [-0.3, -0.25) is 4.90 Å². The van der Waals surface area contributed by atoms with Crippen molar-refractivity contribution in [1.82, 2.24) is 10.2 Å². The van der Waals surface area contributed by atoms with Crippen LogP contribution in [0.5, 0.6) is 0 Å². The lowest BCUT2D eigenvalue weighted by Crippen LogP contribution is -2.16. The molecule has 0 fully saturated rings. The summed E-state index contributed by atoms with van der Waals surface area (Å²) in [6, 6.07) is 7.91. The van der Waals surface area contributed by atoms with Crippen molar-refractivity contribution in [3.05, 3.63) is 47.8 Å². The molecule has 0 unspecified atom stereocenters. The van der Waals surface area contributed by atoms with Crippen molar-refractivity contribution in [2.45, 2.75) is 19.6 Å². The molecule has 2 rings (SSSR count). The zero-order valence-corrected chi connectivity index (χ0v) is 10.3. The molecule has 2 aromatic rings. The minimum atomic E-state index is 0.766. The molecule has 4 nitrogen and oxygen atoms in total. The zero-order chi connectivity index (χ0) is 12.1. The molecule has 1 N–H and O–H groups in total. The van der Waals surface area contributed by atoms with E-state index in [0.717, 1.165) is 36.9 Å². The molecular weight excluding hydrogens is 216 g/mol. The Morgan fingerprint density at radius 3 is 2.59 bits per heavy atom. The summed E-state index contributed by atoms with van der Waals surface area (Å²) in [6.07, 6.45) is 1.70. The highest BCUT2D eigenvalue weighted by Gasteiger charge is 2.07. The van der Waals surface area contributed by atoms with Crippen LogP contribution in [0.4, 0.5) is 0 Å². The van der Waals surface area contributed by atoms with Crippen molar-refractivity contribution < 1.29 is 8.83 Å². The molecule has 0 amide bonds. The fourth-order valence-corrected chi connectivity index (χ4v) is 1.77. The van der Waals surface area contributed by atoms with Gasteiger partial charge in [-0.15, -0.1) is 0 Å². The van der Waals surface area contributed by atoms with Crippen LogP contribution in [-0.4, -0.2) is 19.0 Å². The number of nitrogens with zero attached hydrogens (tertiary/aromatic N) is 1. The first kappa shape index (κ1) is 12.0. The molecule has 0 aliphatic heterocycles. The second-order valence-electron chi connectivity index (χ2n) is 4.15. The normalized spacial score (nSPS) is 11.2. The van der Waals surface area contributed by atoms with Crippen molar-refractivity contribution in [1.29, 1.82) is 0 Å². The van der Waals surface area contributed by atoms with Crippen LogP contribution in [0.2, 0.25) is 0 Å². The van der Waals surface area contributed by atoms with Crippen molar-refractivity contribution >= 4 is 0 Å². The number of nitrogens with one attached hydrogen (secondary N) is 1. The standard InChI is InChI=1S/C13H18N2O2/c1-14-8-11-5-6-13(17-11)10-15(2)9-12-4-3-7-16-12/h3-7,14H,8-10H2,1-2H3. The fourth-order valence-electron chi connectivity index (χ4n) is 1.77. The minimum absolute atomic E-state index is 0.766. The van der Waals surface area contributed by atoms with E-state index in [9.17, 15) is 0 Å². The second kappa shape index (κ2) is 5.70. The molecule has 2 aromatic heterocycles. The van der Waals surface area contributed by atoms with Crippen molar-refractivity contribution in [3.63, 3.8) is 0 Å². The molecule has 2 heterocycles. The average molecular weight is 234 g/mol. The lowest BCUT2D eigenvalue weighted by atomic mass is 10.3. The Hall–Kier alpha value is -1.52. The molecule has 0 saturated heterocycles. The number of hydrogen-bond acceptors (Lipinski definition) is 4. The summed E-state index contributed by atoms with van der Waals surface area (Å²) < 4.78 is 11.0. The van der Waals surface area contributed by atoms with Gasteiger partial charge >= 0.3 is 0 Å². The molecule has 0 aliphatic rings. The molecule has 0 aliphatic carbocycles. The highest BCUT2D eigenvalue weighted by Crippen LogP contribution is 2.12. The third kappa shape index (κ3) is 3.47. The first-order chi connectivity index (χ1) is 8.28. The van der Waals surface area contributed by atoms with Gasteiger partial charge in [-0.25, -0.2) is 0 Å². The van der Waals surface area contributed by atoms with Crippen LogP contribution in [0, 0.1) is 0 Å². The smallest absolute Gasteiger partial charge is 0.118 e. The van der Waals surface area contributed by atoms with Crippen LogP contribution >= 0.6 is 0 Å². The molecule has 0 saturated carbocycles.